The minimum atomic E-state index is -0.495. The normalized spacial score (nSPS) is 22.7. The fourth-order valence-electron chi connectivity index (χ4n) is 2.27. The van der Waals surface area contributed by atoms with E-state index in [-0.39, 0.29) is 23.8 Å². The number of hydrogen-bond donors (Lipinski definition) is 1. The number of amides is 2. The molecule has 104 valence electrons. The Hall–Kier alpha value is -1.10. The Labute approximate surface area is 109 Å². The number of likely N-dealkylation sites (N-methyl/N-ethyl adjacent to an activating group) is 1. The third kappa shape index (κ3) is 3.02. The number of rotatable bonds is 4. The molecule has 1 fully saturated rings. The molecule has 0 aromatic carbocycles. The number of hydrogen-bond acceptors (Lipinski definition) is 3. The molecule has 0 spiro atoms. The molecule has 5 nitrogen and oxygen atoms in total. The van der Waals surface area contributed by atoms with Crippen molar-refractivity contribution in [2.45, 2.75) is 45.2 Å². The van der Waals surface area contributed by atoms with Gasteiger partial charge in [0.05, 0.1) is 6.04 Å². The van der Waals surface area contributed by atoms with E-state index in [1.807, 2.05) is 13.8 Å². The van der Waals surface area contributed by atoms with Gasteiger partial charge in [0, 0.05) is 20.6 Å². The van der Waals surface area contributed by atoms with E-state index in [4.69, 9.17) is 5.73 Å². The molecule has 1 aliphatic rings. The minimum absolute atomic E-state index is 0.00259. The summed E-state index contributed by atoms with van der Waals surface area (Å²) in [5.41, 5.74) is 5.97. The van der Waals surface area contributed by atoms with Crippen molar-refractivity contribution in [1.29, 1.82) is 0 Å². The number of likely N-dealkylation sites (tertiary alicyclic amines) is 1. The third-order valence-electron chi connectivity index (χ3n) is 3.80. The molecule has 1 heterocycles. The third-order valence-corrected chi connectivity index (χ3v) is 3.80. The van der Waals surface area contributed by atoms with Crippen LogP contribution in [0.1, 0.15) is 33.1 Å². The zero-order chi connectivity index (χ0) is 13.9. The van der Waals surface area contributed by atoms with Gasteiger partial charge in [-0.1, -0.05) is 20.3 Å². The van der Waals surface area contributed by atoms with Crippen molar-refractivity contribution in [3.63, 3.8) is 0 Å². The van der Waals surface area contributed by atoms with Gasteiger partial charge in [-0.05, 0) is 18.8 Å². The fourth-order valence-corrected chi connectivity index (χ4v) is 2.27. The summed E-state index contributed by atoms with van der Waals surface area (Å²) in [4.78, 5) is 27.5. The standard InChI is InChI=1S/C13H25N3O2/c1-5-9(2)11(14)13(18)16-8-6-7-10(16)12(17)15(3)4/h9-11H,5-8,14H2,1-4H3/t9-,10?,11-/m0/s1. The summed E-state index contributed by atoms with van der Waals surface area (Å²) in [5.74, 6) is 0.0625. The predicted molar refractivity (Wildman–Crippen MR) is 70.9 cm³/mol. The van der Waals surface area contributed by atoms with Crippen LogP contribution in [0.3, 0.4) is 0 Å². The highest BCUT2D eigenvalue weighted by Gasteiger charge is 2.37. The van der Waals surface area contributed by atoms with Crippen LogP contribution in [0.25, 0.3) is 0 Å². The molecule has 0 bridgehead atoms. The van der Waals surface area contributed by atoms with E-state index in [9.17, 15) is 9.59 Å². The molecule has 1 saturated heterocycles. The van der Waals surface area contributed by atoms with Gasteiger partial charge in [-0.15, -0.1) is 0 Å². The molecule has 0 saturated carbocycles. The van der Waals surface area contributed by atoms with Crippen LogP contribution in [-0.2, 0) is 9.59 Å². The van der Waals surface area contributed by atoms with Crippen molar-refractivity contribution in [2.24, 2.45) is 11.7 Å². The summed E-state index contributed by atoms with van der Waals surface area (Å²) in [5, 5.41) is 0. The SMILES string of the molecule is CC[C@H](C)[C@H](N)C(=O)N1CCCC1C(=O)N(C)C. The van der Waals surface area contributed by atoms with Crippen LogP contribution in [0.4, 0.5) is 0 Å². The Bertz CT molecular complexity index is 317. The highest BCUT2D eigenvalue weighted by molar-refractivity contribution is 5.90. The van der Waals surface area contributed by atoms with Crippen LogP contribution in [0.2, 0.25) is 0 Å². The van der Waals surface area contributed by atoms with Crippen molar-refractivity contribution in [2.75, 3.05) is 20.6 Å². The minimum Gasteiger partial charge on any atom is -0.347 e. The first-order chi connectivity index (χ1) is 8.40. The summed E-state index contributed by atoms with van der Waals surface area (Å²) < 4.78 is 0. The fraction of sp³-hybridized carbons (Fsp3) is 0.846. The van der Waals surface area contributed by atoms with Gasteiger partial charge in [-0.2, -0.15) is 0 Å². The van der Waals surface area contributed by atoms with Crippen LogP contribution in [0.15, 0.2) is 0 Å². The Kier molecular flexibility index (Phi) is 5.14. The summed E-state index contributed by atoms with van der Waals surface area (Å²) in [6.45, 7) is 4.64. The second-order valence-corrected chi connectivity index (χ2v) is 5.33. The lowest BCUT2D eigenvalue weighted by Crippen LogP contribution is -2.52. The van der Waals surface area contributed by atoms with Crippen molar-refractivity contribution >= 4 is 11.8 Å². The summed E-state index contributed by atoms with van der Waals surface area (Å²) >= 11 is 0. The Morgan fingerprint density at radius 1 is 1.44 bits per heavy atom. The lowest BCUT2D eigenvalue weighted by Gasteiger charge is -2.30. The Balaban J connectivity index is 2.75. The molecule has 0 aromatic heterocycles. The smallest absolute Gasteiger partial charge is 0.244 e. The summed E-state index contributed by atoms with van der Waals surface area (Å²) in [7, 11) is 3.44. The van der Waals surface area contributed by atoms with Gasteiger partial charge in [0.2, 0.25) is 11.8 Å². The predicted octanol–water partition coefficient (Wildman–Crippen LogP) is 0.439. The Morgan fingerprint density at radius 2 is 2.06 bits per heavy atom. The zero-order valence-corrected chi connectivity index (χ0v) is 11.8. The molecule has 1 rings (SSSR count). The van der Waals surface area contributed by atoms with Crippen molar-refractivity contribution < 1.29 is 9.59 Å². The van der Waals surface area contributed by atoms with Crippen LogP contribution in [-0.4, -0.2) is 54.3 Å². The van der Waals surface area contributed by atoms with Crippen LogP contribution < -0.4 is 5.73 Å². The maximum Gasteiger partial charge on any atom is 0.244 e. The van der Waals surface area contributed by atoms with Gasteiger partial charge in [-0.25, -0.2) is 0 Å². The molecule has 1 unspecified atom stereocenters. The van der Waals surface area contributed by atoms with Crippen molar-refractivity contribution in [3.8, 4) is 0 Å². The first-order valence-electron chi connectivity index (χ1n) is 6.67. The maximum absolute atomic E-state index is 12.3. The average Bonchev–Trinajstić information content (AvgIpc) is 2.83. The quantitative estimate of drug-likeness (QED) is 0.792. The second-order valence-electron chi connectivity index (χ2n) is 5.33. The highest BCUT2D eigenvalue weighted by Crippen LogP contribution is 2.21. The molecule has 3 atom stereocenters. The summed E-state index contributed by atoms with van der Waals surface area (Å²) in [6, 6.07) is -0.812. The molecule has 18 heavy (non-hydrogen) atoms. The van der Waals surface area contributed by atoms with E-state index in [1.54, 1.807) is 23.9 Å². The highest BCUT2D eigenvalue weighted by atomic mass is 16.2. The van der Waals surface area contributed by atoms with E-state index in [2.05, 4.69) is 0 Å². The van der Waals surface area contributed by atoms with E-state index >= 15 is 0 Å². The first kappa shape index (κ1) is 15.0. The molecule has 2 amide bonds. The van der Waals surface area contributed by atoms with Crippen molar-refractivity contribution in [3.05, 3.63) is 0 Å². The van der Waals surface area contributed by atoms with Gasteiger partial charge in [0.25, 0.3) is 0 Å². The average molecular weight is 255 g/mol. The molecule has 0 radical (unpaired) electrons. The van der Waals surface area contributed by atoms with Gasteiger partial charge in [0.1, 0.15) is 6.04 Å². The molecular weight excluding hydrogens is 230 g/mol. The lowest BCUT2D eigenvalue weighted by atomic mass is 9.98. The van der Waals surface area contributed by atoms with E-state index in [0.29, 0.717) is 6.54 Å². The van der Waals surface area contributed by atoms with Crippen LogP contribution in [0.5, 0.6) is 0 Å². The zero-order valence-electron chi connectivity index (χ0n) is 11.8. The molecule has 0 aromatic rings. The van der Waals surface area contributed by atoms with Crippen LogP contribution in [0, 0.1) is 5.92 Å². The van der Waals surface area contributed by atoms with E-state index < -0.39 is 6.04 Å². The van der Waals surface area contributed by atoms with Crippen LogP contribution >= 0.6 is 0 Å². The monoisotopic (exact) mass is 255 g/mol. The lowest BCUT2D eigenvalue weighted by molar-refractivity contribution is -0.143. The molecule has 0 aliphatic carbocycles. The number of nitrogens with zero attached hydrogens (tertiary/aromatic N) is 2. The van der Waals surface area contributed by atoms with Gasteiger partial charge >= 0.3 is 0 Å². The largest absolute Gasteiger partial charge is 0.347 e. The number of carbonyl (C=O) groups is 2. The topological polar surface area (TPSA) is 66.6 Å². The molecule has 1 aliphatic heterocycles. The number of nitrogens with two attached hydrogens (primary N) is 1. The van der Waals surface area contributed by atoms with Gasteiger partial charge < -0.3 is 15.5 Å². The molecule has 2 N–H and O–H groups in total. The molecule has 5 heteroatoms. The van der Waals surface area contributed by atoms with Gasteiger partial charge in [0.15, 0.2) is 0 Å². The van der Waals surface area contributed by atoms with Gasteiger partial charge in [-0.3, -0.25) is 9.59 Å². The van der Waals surface area contributed by atoms with E-state index in [1.165, 1.54) is 0 Å². The Morgan fingerprint density at radius 3 is 2.56 bits per heavy atom. The maximum atomic E-state index is 12.3. The second kappa shape index (κ2) is 6.18. The summed E-state index contributed by atoms with van der Waals surface area (Å²) in [6.07, 6.45) is 2.49. The number of carbonyl (C=O) groups excluding carboxylic acids is 2. The first-order valence-corrected chi connectivity index (χ1v) is 6.67. The van der Waals surface area contributed by atoms with Crippen molar-refractivity contribution in [1.82, 2.24) is 9.80 Å². The molecular formula is C13H25N3O2. The van der Waals surface area contributed by atoms with E-state index in [0.717, 1.165) is 19.3 Å².